The van der Waals surface area contributed by atoms with Crippen molar-refractivity contribution < 1.29 is 75.8 Å². The number of nitrogens with one attached hydrogen (secondary N) is 1. The zero-order valence-electron chi connectivity index (χ0n) is 18.8. The summed E-state index contributed by atoms with van der Waals surface area (Å²) in [6.07, 6.45) is -2.90. The summed E-state index contributed by atoms with van der Waals surface area (Å²) in [6.45, 7) is -0.859. The standard InChI is InChI=1S/C19H24F15NO2/c20-13(21,12(37)35-10-8-6-4-2-1-3-5-7-9-11-36)14(22,23)15(24,25)16(26,27)17(28,29)18(30,31)19(32,33)34/h36H,1-11H2,(H,35,37). The Kier molecular flexibility index (Phi) is 11.9. The molecule has 0 aromatic carbocycles. The van der Waals surface area contributed by atoms with Gasteiger partial charge >= 0.3 is 41.7 Å². The number of rotatable bonds is 17. The lowest BCUT2D eigenvalue weighted by molar-refractivity contribution is -0.449. The molecule has 0 atom stereocenters. The summed E-state index contributed by atoms with van der Waals surface area (Å²) in [7, 11) is 0. The van der Waals surface area contributed by atoms with Gasteiger partial charge in [0.25, 0.3) is 5.91 Å². The molecule has 0 unspecified atom stereocenters. The molecular weight excluding hydrogens is 559 g/mol. The van der Waals surface area contributed by atoms with Gasteiger partial charge in [-0.3, -0.25) is 4.79 Å². The summed E-state index contributed by atoms with van der Waals surface area (Å²) in [5.74, 6) is -51.2. The molecule has 0 aliphatic heterocycles. The Bertz CT molecular complexity index is 723. The Hall–Kier alpha value is -1.62. The van der Waals surface area contributed by atoms with Gasteiger partial charge in [-0.1, -0.05) is 44.9 Å². The van der Waals surface area contributed by atoms with E-state index in [1.807, 2.05) is 0 Å². The van der Waals surface area contributed by atoms with Gasteiger partial charge in [-0.2, -0.15) is 65.9 Å². The first-order valence-corrected chi connectivity index (χ1v) is 10.7. The molecule has 1 amide bonds. The van der Waals surface area contributed by atoms with E-state index in [2.05, 4.69) is 0 Å². The predicted octanol–water partition coefficient (Wildman–Crippen LogP) is 6.98. The highest BCUT2D eigenvalue weighted by molar-refractivity contribution is 5.84. The number of hydrogen-bond acceptors (Lipinski definition) is 2. The fourth-order valence-electron chi connectivity index (χ4n) is 2.90. The molecule has 0 aromatic heterocycles. The van der Waals surface area contributed by atoms with Crippen LogP contribution in [0.5, 0.6) is 0 Å². The van der Waals surface area contributed by atoms with Crippen molar-refractivity contribution in [1.29, 1.82) is 0 Å². The first-order valence-electron chi connectivity index (χ1n) is 10.7. The number of carbonyl (C=O) groups excluding carboxylic acids is 1. The summed E-state index contributed by atoms with van der Waals surface area (Å²) < 4.78 is 197. The number of aliphatic hydroxyl groups is 1. The maximum absolute atomic E-state index is 13.7. The van der Waals surface area contributed by atoms with E-state index in [0.717, 1.165) is 31.0 Å². The summed E-state index contributed by atoms with van der Waals surface area (Å²) >= 11 is 0. The van der Waals surface area contributed by atoms with Crippen molar-refractivity contribution in [1.82, 2.24) is 5.32 Å². The van der Waals surface area contributed by atoms with Gasteiger partial charge in [-0.05, 0) is 12.8 Å². The topological polar surface area (TPSA) is 49.3 Å². The van der Waals surface area contributed by atoms with E-state index in [9.17, 15) is 70.7 Å². The van der Waals surface area contributed by atoms with Gasteiger partial charge in [0.15, 0.2) is 0 Å². The maximum Gasteiger partial charge on any atom is 0.460 e. The van der Waals surface area contributed by atoms with E-state index in [1.165, 1.54) is 0 Å². The van der Waals surface area contributed by atoms with Crippen molar-refractivity contribution in [2.24, 2.45) is 0 Å². The third-order valence-electron chi connectivity index (χ3n) is 5.23. The molecule has 37 heavy (non-hydrogen) atoms. The third kappa shape index (κ3) is 7.07. The van der Waals surface area contributed by atoms with Crippen molar-refractivity contribution in [2.45, 2.75) is 99.5 Å². The average molecular weight is 583 g/mol. The molecular formula is C19H24F15NO2. The number of carbonyl (C=O) groups is 1. The van der Waals surface area contributed by atoms with E-state index in [1.54, 1.807) is 0 Å². The summed E-state index contributed by atoms with van der Waals surface area (Å²) in [4.78, 5) is 11.3. The van der Waals surface area contributed by atoms with Crippen LogP contribution >= 0.6 is 0 Å². The zero-order valence-corrected chi connectivity index (χ0v) is 18.8. The lowest BCUT2D eigenvalue weighted by Crippen LogP contribution is -2.74. The first-order chi connectivity index (χ1) is 16.5. The van der Waals surface area contributed by atoms with Crippen LogP contribution in [0.25, 0.3) is 0 Å². The lowest BCUT2D eigenvalue weighted by Gasteiger charge is -2.41. The van der Waals surface area contributed by atoms with Gasteiger partial charge < -0.3 is 10.4 Å². The number of unbranched alkanes of at least 4 members (excludes halogenated alkanes) is 8. The quantitative estimate of drug-likeness (QED) is 0.144. The molecule has 0 radical (unpaired) electrons. The fraction of sp³-hybridized carbons (Fsp3) is 0.947. The van der Waals surface area contributed by atoms with Crippen molar-refractivity contribution in [3.63, 3.8) is 0 Å². The van der Waals surface area contributed by atoms with Crippen LogP contribution in [0.4, 0.5) is 65.9 Å². The molecule has 0 saturated heterocycles. The van der Waals surface area contributed by atoms with Crippen LogP contribution < -0.4 is 5.32 Å². The summed E-state index contributed by atoms with van der Waals surface area (Å²) in [5.41, 5.74) is 0. The number of amides is 1. The Labute approximate surface area is 200 Å². The van der Waals surface area contributed by atoms with E-state index in [0.29, 0.717) is 19.3 Å². The predicted molar refractivity (Wildman–Crippen MR) is 97.4 cm³/mol. The molecule has 222 valence electrons. The van der Waals surface area contributed by atoms with Gasteiger partial charge in [0.05, 0.1) is 0 Å². The molecule has 0 rings (SSSR count). The molecule has 3 nitrogen and oxygen atoms in total. The summed E-state index contributed by atoms with van der Waals surface area (Å²) in [6, 6.07) is 0. The minimum absolute atomic E-state index is 0.0389. The molecule has 0 bridgehead atoms. The van der Waals surface area contributed by atoms with Crippen molar-refractivity contribution in [2.75, 3.05) is 13.2 Å². The molecule has 0 saturated carbocycles. The second kappa shape index (κ2) is 12.5. The lowest BCUT2D eigenvalue weighted by atomic mass is 9.91. The minimum Gasteiger partial charge on any atom is -0.396 e. The fourth-order valence-corrected chi connectivity index (χ4v) is 2.90. The van der Waals surface area contributed by atoms with Crippen LogP contribution in [-0.2, 0) is 4.79 Å². The second-order valence-electron chi connectivity index (χ2n) is 8.11. The largest absolute Gasteiger partial charge is 0.460 e. The maximum atomic E-state index is 13.7. The number of alkyl halides is 15. The monoisotopic (exact) mass is 583 g/mol. The number of aliphatic hydroxyl groups excluding tert-OH is 1. The Balaban J connectivity index is 5.27. The molecule has 0 heterocycles. The molecule has 2 N–H and O–H groups in total. The third-order valence-corrected chi connectivity index (χ3v) is 5.23. The SMILES string of the molecule is O=C(NCCCCCCCCCCCO)C(F)(F)C(F)(F)C(F)(F)C(F)(F)C(F)(F)C(F)(F)C(F)(F)F. The van der Waals surface area contributed by atoms with Gasteiger partial charge in [-0.25, -0.2) is 0 Å². The second-order valence-corrected chi connectivity index (χ2v) is 8.11. The highest BCUT2D eigenvalue weighted by Crippen LogP contribution is 2.62. The van der Waals surface area contributed by atoms with E-state index < -0.39 is 54.2 Å². The van der Waals surface area contributed by atoms with Gasteiger partial charge in [0.1, 0.15) is 0 Å². The number of halogens is 15. The van der Waals surface area contributed by atoms with Crippen LogP contribution in [0, 0.1) is 0 Å². The highest BCUT2D eigenvalue weighted by atomic mass is 19.4. The molecule has 0 aliphatic rings. The molecule has 0 fully saturated rings. The van der Waals surface area contributed by atoms with Crippen molar-refractivity contribution >= 4 is 5.91 Å². The van der Waals surface area contributed by atoms with Gasteiger partial charge in [0.2, 0.25) is 0 Å². The Morgan fingerprint density at radius 2 is 0.811 bits per heavy atom. The van der Waals surface area contributed by atoms with E-state index in [4.69, 9.17) is 5.11 Å². The van der Waals surface area contributed by atoms with E-state index >= 15 is 0 Å². The molecule has 18 heteroatoms. The van der Waals surface area contributed by atoms with Gasteiger partial charge in [-0.15, -0.1) is 0 Å². The van der Waals surface area contributed by atoms with Gasteiger partial charge in [0, 0.05) is 13.2 Å². The molecule has 0 spiro atoms. The average Bonchev–Trinajstić information content (AvgIpc) is 2.75. The van der Waals surface area contributed by atoms with Crippen molar-refractivity contribution in [3.8, 4) is 0 Å². The van der Waals surface area contributed by atoms with Crippen LogP contribution in [0.1, 0.15) is 57.8 Å². The summed E-state index contributed by atoms with van der Waals surface area (Å²) in [5, 5.41) is 9.59. The van der Waals surface area contributed by atoms with E-state index in [-0.39, 0.29) is 19.4 Å². The smallest absolute Gasteiger partial charge is 0.396 e. The van der Waals surface area contributed by atoms with Crippen LogP contribution in [0.3, 0.4) is 0 Å². The Morgan fingerprint density at radius 3 is 1.19 bits per heavy atom. The number of hydrogen-bond donors (Lipinski definition) is 2. The van der Waals surface area contributed by atoms with Crippen LogP contribution in [0.2, 0.25) is 0 Å². The van der Waals surface area contributed by atoms with Crippen molar-refractivity contribution in [3.05, 3.63) is 0 Å². The minimum atomic E-state index is -8.41. The molecule has 0 aliphatic carbocycles. The Morgan fingerprint density at radius 1 is 0.486 bits per heavy atom. The highest BCUT2D eigenvalue weighted by Gasteiger charge is 2.94. The van der Waals surface area contributed by atoms with Crippen LogP contribution in [-0.4, -0.2) is 65.9 Å². The zero-order chi connectivity index (χ0) is 29.6. The van der Waals surface area contributed by atoms with Crippen LogP contribution in [0.15, 0.2) is 0 Å². The molecule has 0 aromatic rings. The normalized spacial score (nSPS) is 14.7. The first kappa shape index (κ1) is 35.4.